The Morgan fingerprint density at radius 3 is 0.689 bits per heavy atom. The zero-order valence-corrected chi connectivity index (χ0v) is 43.1. The Bertz CT molecular complexity index is 2460. The predicted molar refractivity (Wildman–Crippen MR) is 298 cm³/mol. The Kier molecular flexibility index (Phi) is 22.3. The topological polar surface area (TPSA) is 112 Å². The number of nitrogens with zero attached hydrogens (tertiary/aromatic N) is 2. The first-order valence-corrected chi connectivity index (χ1v) is 25.5. The minimum absolute atomic E-state index is 0.324. The third-order valence-corrected chi connectivity index (χ3v) is 12.0. The maximum absolute atomic E-state index is 11.8. The molecule has 0 heterocycles. The number of hydrogen-bond donors (Lipinski definition) is 0. The number of carbonyl (C=O) groups excluding carboxylic acids is 4. The third kappa shape index (κ3) is 17.5. The fourth-order valence-corrected chi connectivity index (χ4v) is 8.28. The van der Waals surface area contributed by atoms with E-state index >= 15 is 0 Å². The van der Waals surface area contributed by atoms with Gasteiger partial charge in [0.2, 0.25) is 0 Å². The molecule has 0 spiro atoms. The van der Waals surface area contributed by atoms with E-state index in [0.29, 0.717) is 26.4 Å². The Hall–Kier alpha value is -8.24. The van der Waals surface area contributed by atoms with Gasteiger partial charge in [-0.3, -0.25) is 0 Å². The van der Waals surface area contributed by atoms with Gasteiger partial charge in [-0.05, 0) is 185 Å². The van der Waals surface area contributed by atoms with E-state index in [0.717, 1.165) is 119 Å². The first kappa shape index (κ1) is 55.1. The molecule has 6 aromatic carbocycles. The van der Waals surface area contributed by atoms with Crippen molar-refractivity contribution < 1.29 is 38.1 Å². The molecule has 10 nitrogen and oxygen atoms in total. The maximum atomic E-state index is 11.8. The second-order valence-corrected chi connectivity index (χ2v) is 17.5. The molecule has 0 bridgehead atoms. The average molecular weight is 993 g/mol. The number of anilines is 6. The summed E-state index contributed by atoms with van der Waals surface area (Å²) in [5, 5.41) is 0. The molecule has 0 atom stereocenters. The van der Waals surface area contributed by atoms with Gasteiger partial charge in [-0.1, -0.05) is 97.1 Å². The second-order valence-electron chi connectivity index (χ2n) is 17.5. The van der Waals surface area contributed by atoms with E-state index in [1.165, 1.54) is 24.3 Å². The number of benzene rings is 6. The summed E-state index contributed by atoms with van der Waals surface area (Å²) in [6.07, 6.45) is 18.4. The van der Waals surface area contributed by atoms with Crippen LogP contribution in [-0.2, 0) is 63.8 Å². The lowest BCUT2D eigenvalue weighted by atomic mass is 10.0. The number of hydrogen-bond acceptors (Lipinski definition) is 10. The van der Waals surface area contributed by atoms with Gasteiger partial charge in [0, 0.05) is 58.4 Å². The Labute approximate surface area is 437 Å². The van der Waals surface area contributed by atoms with Crippen molar-refractivity contribution in [3.05, 3.63) is 216 Å². The van der Waals surface area contributed by atoms with Gasteiger partial charge in [0.05, 0.1) is 26.4 Å². The minimum atomic E-state index is -0.324. The van der Waals surface area contributed by atoms with E-state index < -0.39 is 0 Å². The summed E-state index contributed by atoms with van der Waals surface area (Å²) in [6, 6.07) is 51.3. The van der Waals surface area contributed by atoms with Crippen LogP contribution in [0.2, 0.25) is 0 Å². The van der Waals surface area contributed by atoms with E-state index in [-0.39, 0.29) is 23.9 Å². The number of allylic oxidation sites excluding steroid dienone is 4. The summed E-state index contributed by atoms with van der Waals surface area (Å²) in [5.74, 6) is -1.30. The highest BCUT2D eigenvalue weighted by Crippen LogP contribution is 2.38. The van der Waals surface area contributed by atoms with Gasteiger partial charge in [0.1, 0.15) is 0 Å². The number of esters is 4. The first-order valence-electron chi connectivity index (χ1n) is 25.5. The van der Waals surface area contributed by atoms with Gasteiger partial charge in [0.25, 0.3) is 0 Å². The van der Waals surface area contributed by atoms with E-state index in [1.54, 1.807) is 52.0 Å². The van der Waals surface area contributed by atoms with Gasteiger partial charge in [-0.2, -0.15) is 0 Å². The fraction of sp³-hybridized carbons (Fsp3) is 0.250. The lowest BCUT2D eigenvalue weighted by Crippen LogP contribution is -2.10. The lowest BCUT2D eigenvalue weighted by Gasteiger charge is -2.27. The van der Waals surface area contributed by atoms with E-state index in [1.807, 2.05) is 0 Å². The molecule has 382 valence electrons. The molecule has 0 unspecified atom stereocenters. The molecule has 0 aliphatic rings. The van der Waals surface area contributed by atoms with Gasteiger partial charge in [-0.25, -0.2) is 19.2 Å². The molecule has 0 amide bonds. The van der Waals surface area contributed by atoms with Gasteiger partial charge in [-0.15, -0.1) is 0 Å². The fourth-order valence-electron chi connectivity index (χ4n) is 8.28. The number of aryl methyl sites for hydroxylation is 4. The summed E-state index contributed by atoms with van der Waals surface area (Å²) in [6.45, 7) is 8.61. The van der Waals surface area contributed by atoms with Crippen molar-refractivity contribution in [3.63, 3.8) is 0 Å². The smallest absolute Gasteiger partial charge is 0.330 e. The van der Waals surface area contributed by atoms with Crippen molar-refractivity contribution in [3.8, 4) is 11.1 Å². The van der Waals surface area contributed by atoms with E-state index in [4.69, 9.17) is 18.9 Å². The first-order chi connectivity index (χ1) is 36.2. The Balaban J connectivity index is 1.21. The monoisotopic (exact) mass is 992 g/mol. The second kappa shape index (κ2) is 29.9. The normalized spacial score (nSPS) is 11.4. The summed E-state index contributed by atoms with van der Waals surface area (Å²) >= 11 is 0. The summed E-state index contributed by atoms with van der Waals surface area (Å²) in [5.41, 5.74) is 12.8. The zero-order valence-electron chi connectivity index (χ0n) is 43.1. The van der Waals surface area contributed by atoms with Crippen LogP contribution in [0.15, 0.2) is 194 Å². The molecule has 6 rings (SSSR count). The van der Waals surface area contributed by atoms with Crippen molar-refractivity contribution in [1.29, 1.82) is 0 Å². The van der Waals surface area contributed by atoms with Crippen molar-refractivity contribution in [2.45, 2.75) is 79.1 Å². The van der Waals surface area contributed by atoms with Crippen molar-refractivity contribution >= 4 is 58.0 Å². The van der Waals surface area contributed by atoms with Crippen LogP contribution in [0.1, 0.15) is 75.6 Å². The SMILES string of the molecule is C/C=C/C(=O)OCCCc1ccc(N(c2ccc(CCCOC(=O)/C=C/C)cc2)c2ccc(-c3ccc(N(c4ccc(CCCOC(=O)/C=C/C)cc4)c4ccc(CCCOC(=O)/C=C/C)cc4)cc3)cc2)cc1. The summed E-state index contributed by atoms with van der Waals surface area (Å²) in [7, 11) is 0. The molecule has 0 N–H and O–H groups in total. The van der Waals surface area contributed by atoms with Gasteiger partial charge >= 0.3 is 23.9 Å². The van der Waals surface area contributed by atoms with Crippen LogP contribution < -0.4 is 9.80 Å². The molecule has 0 fully saturated rings. The van der Waals surface area contributed by atoms with Crippen LogP contribution in [0.4, 0.5) is 34.1 Å². The molecule has 0 aliphatic heterocycles. The van der Waals surface area contributed by atoms with Crippen molar-refractivity contribution in [2.24, 2.45) is 0 Å². The lowest BCUT2D eigenvalue weighted by molar-refractivity contribution is -0.138. The highest BCUT2D eigenvalue weighted by atomic mass is 16.5. The molecule has 0 radical (unpaired) electrons. The largest absolute Gasteiger partial charge is 0.463 e. The van der Waals surface area contributed by atoms with E-state index in [2.05, 4.69) is 155 Å². The zero-order chi connectivity index (χ0) is 52.3. The molecule has 10 heteroatoms. The molecule has 0 aliphatic carbocycles. The molecule has 0 saturated carbocycles. The van der Waals surface area contributed by atoms with Gasteiger partial charge in [0.15, 0.2) is 0 Å². The molecule has 0 aromatic heterocycles. The third-order valence-electron chi connectivity index (χ3n) is 12.0. The maximum Gasteiger partial charge on any atom is 0.330 e. The molecule has 6 aromatic rings. The molecular weight excluding hydrogens is 925 g/mol. The van der Waals surface area contributed by atoms with Crippen LogP contribution in [-0.4, -0.2) is 50.3 Å². The van der Waals surface area contributed by atoms with Crippen LogP contribution in [0.25, 0.3) is 11.1 Å². The predicted octanol–water partition coefficient (Wildman–Crippen LogP) is 14.5. The quantitative estimate of drug-likeness (QED) is 0.0214. The van der Waals surface area contributed by atoms with E-state index in [9.17, 15) is 19.2 Å². The molecule has 74 heavy (non-hydrogen) atoms. The highest BCUT2D eigenvalue weighted by Gasteiger charge is 2.16. The van der Waals surface area contributed by atoms with Gasteiger partial charge < -0.3 is 28.7 Å². The summed E-state index contributed by atoms with van der Waals surface area (Å²) < 4.78 is 21.2. The van der Waals surface area contributed by atoms with Crippen molar-refractivity contribution in [1.82, 2.24) is 0 Å². The standard InChI is InChI=1S/C64H68N2O8/c1-5-13-61(67)71-45-9-17-49-21-33-55(34-22-49)65(56-35-23-50(24-36-56)18-10-46-72-62(68)14-6-2)59-41-29-53(30-42-59)54-31-43-60(44-32-54)66(57-37-25-51(26-38-57)19-11-47-73-63(69)15-7-3)58-39-27-52(28-40-58)20-12-48-74-64(70)16-8-4/h5-8,13-16,21-44H,9-12,17-20,45-48H2,1-4H3/b13-5+,14-6+,15-7+,16-8+. The number of rotatable bonds is 27. The average Bonchev–Trinajstić information content (AvgIpc) is 3.41. The van der Waals surface area contributed by atoms with Crippen LogP contribution in [0, 0.1) is 0 Å². The molecule has 0 saturated heterocycles. The summed E-state index contributed by atoms with van der Waals surface area (Å²) in [4.78, 5) is 51.6. The molecular formula is C64H68N2O8. The Morgan fingerprint density at radius 2 is 0.500 bits per heavy atom. The number of ether oxygens (including phenoxy) is 4. The van der Waals surface area contributed by atoms with Crippen molar-refractivity contribution in [2.75, 3.05) is 36.2 Å². The number of carbonyl (C=O) groups is 4. The van der Waals surface area contributed by atoms with Crippen LogP contribution in [0.5, 0.6) is 0 Å². The Morgan fingerprint density at radius 1 is 0.311 bits per heavy atom. The van der Waals surface area contributed by atoms with Crippen LogP contribution in [0.3, 0.4) is 0 Å². The highest BCUT2D eigenvalue weighted by molar-refractivity contribution is 5.84. The minimum Gasteiger partial charge on any atom is -0.463 e. The van der Waals surface area contributed by atoms with Crippen LogP contribution >= 0.6 is 0 Å².